The second-order valence-corrected chi connectivity index (χ2v) is 7.46. The van der Waals surface area contributed by atoms with E-state index in [4.69, 9.17) is 10.6 Å². The van der Waals surface area contributed by atoms with Crippen LogP contribution in [0.4, 0.5) is 5.69 Å². The number of methoxy groups -OCH3 is 1. The monoisotopic (exact) mass is 397 g/mol. The summed E-state index contributed by atoms with van der Waals surface area (Å²) in [5.74, 6) is 7.40. The Morgan fingerprint density at radius 1 is 1.18 bits per heavy atom. The number of thioether (sulfide) groups is 1. The Hall–Kier alpha value is -3.00. The molecular weight excluding hydrogens is 374 g/mol. The van der Waals surface area contributed by atoms with Gasteiger partial charge in [0.15, 0.2) is 5.82 Å². The number of hydrogen-bond acceptors (Lipinski definition) is 6. The second-order valence-electron chi connectivity index (χ2n) is 6.52. The number of anilines is 1. The van der Waals surface area contributed by atoms with Crippen molar-refractivity contribution in [1.29, 1.82) is 0 Å². The number of aryl methyl sites for hydroxylation is 3. The van der Waals surface area contributed by atoms with E-state index in [0.717, 1.165) is 22.4 Å². The molecule has 2 aromatic carbocycles. The first-order chi connectivity index (χ1) is 13.4. The van der Waals surface area contributed by atoms with Gasteiger partial charge in [0.1, 0.15) is 5.75 Å². The van der Waals surface area contributed by atoms with E-state index in [1.807, 2.05) is 57.2 Å². The number of aromatic nitrogens is 3. The molecular formula is C20H23N5O2S. The molecule has 1 aromatic heterocycles. The summed E-state index contributed by atoms with van der Waals surface area (Å²) >= 11 is 1.24. The van der Waals surface area contributed by atoms with E-state index in [-0.39, 0.29) is 11.7 Å². The molecule has 28 heavy (non-hydrogen) atoms. The van der Waals surface area contributed by atoms with E-state index in [1.54, 1.807) is 7.11 Å². The molecule has 0 atom stereocenters. The summed E-state index contributed by atoms with van der Waals surface area (Å²) in [4.78, 5) is 12.4. The third-order valence-corrected chi connectivity index (χ3v) is 5.21. The van der Waals surface area contributed by atoms with Crippen LogP contribution in [0.2, 0.25) is 0 Å². The molecule has 7 nitrogen and oxygen atoms in total. The van der Waals surface area contributed by atoms with Crippen LogP contribution < -0.4 is 15.9 Å². The standard InChI is InChI=1S/C20H23N5O2S/c1-12-8-13(2)18(14(3)9-12)22-17(26)11-28-20-24-23-19(25(20)21)15-6-5-7-16(10-15)27-4/h5-10H,11,21H2,1-4H3,(H,22,26). The lowest BCUT2D eigenvalue weighted by Gasteiger charge is -2.12. The summed E-state index contributed by atoms with van der Waals surface area (Å²) in [5.41, 5.74) is 4.89. The predicted octanol–water partition coefficient (Wildman–Crippen LogP) is 3.32. The zero-order chi connectivity index (χ0) is 20.3. The number of nitrogens with one attached hydrogen (secondary N) is 1. The largest absolute Gasteiger partial charge is 0.497 e. The Labute approximate surface area is 168 Å². The summed E-state index contributed by atoms with van der Waals surface area (Å²) in [6, 6.07) is 11.5. The lowest BCUT2D eigenvalue weighted by Crippen LogP contribution is -2.17. The van der Waals surface area contributed by atoms with Gasteiger partial charge in [-0.3, -0.25) is 4.79 Å². The van der Waals surface area contributed by atoms with E-state index in [0.29, 0.717) is 16.7 Å². The minimum Gasteiger partial charge on any atom is -0.497 e. The van der Waals surface area contributed by atoms with Crippen LogP contribution in [0.15, 0.2) is 41.6 Å². The van der Waals surface area contributed by atoms with Gasteiger partial charge in [0, 0.05) is 11.3 Å². The molecule has 0 radical (unpaired) electrons. The van der Waals surface area contributed by atoms with Gasteiger partial charge in [-0.05, 0) is 44.0 Å². The Kier molecular flexibility index (Phi) is 5.89. The molecule has 0 aliphatic carbocycles. The fourth-order valence-corrected chi connectivity index (χ4v) is 3.67. The summed E-state index contributed by atoms with van der Waals surface area (Å²) < 4.78 is 6.61. The summed E-state index contributed by atoms with van der Waals surface area (Å²) in [5, 5.41) is 11.7. The quantitative estimate of drug-likeness (QED) is 0.489. The van der Waals surface area contributed by atoms with Crippen LogP contribution in [0.1, 0.15) is 16.7 Å². The van der Waals surface area contributed by atoms with Crippen molar-refractivity contribution in [2.24, 2.45) is 0 Å². The number of nitrogens with two attached hydrogens (primary N) is 1. The molecule has 3 aromatic rings. The van der Waals surface area contributed by atoms with Crippen molar-refractivity contribution < 1.29 is 9.53 Å². The molecule has 0 bridgehead atoms. The molecule has 0 saturated carbocycles. The number of nitrogens with zero attached hydrogens (tertiary/aromatic N) is 3. The van der Waals surface area contributed by atoms with Crippen LogP contribution in [0.25, 0.3) is 11.4 Å². The summed E-state index contributed by atoms with van der Waals surface area (Å²) in [6.45, 7) is 6.01. The first kappa shape index (κ1) is 19.8. The summed E-state index contributed by atoms with van der Waals surface area (Å²) in [7, 11) is 1.60. The topological polar surface area (TPSA) is 95.1 Å². The molecule has 0 unspecified atom stereocenters. The van der Waals surface area contributed by atoms with Crippen LogP contribution in [-0.2, 0) is 4.79 Å². The minimum atomic E-state index is -0.119. The lowest BCUT2D eigenvalue weighted by molar-refractivity contribution is -0.113. The van der Waals surface area contributed by atoms with Crippen LogP contribution in [0.5, 0.6) is 5.75 Å². The van der Waals surface area contributed by atoms with Crippen LogP contribution in [0, 0.1) is 20.8 Å². The minimum absolute atomic E-state index is 0.119. The number of rotatable bonds is 6. The first-order valence-corrected chi connectivity index (χ1v) is 9.73. The van der Waals surface area contributed by atoms with Gasteiger partial charge in [0.2, 0.25) is 11.1 Å². The fraction of sp³-hybridized carbons (Fsp3) is 0.250. The lowest BCUT2D eigenvalue weighted by atomic mass is 10.1. The Morgan fingerprint density at radius 3 is 2.57 bits per heavy atom. The van der Waals surface area contributed by atoms with E-state index in [1.165, 1.54) is 22.0 Å². The number of ether oxygens (including phenoxy) is 1. The zero-order valence-electron chi connectivity index (χ0n) is 16.3. The molecule has 0 aliphatic rings. The maximum atomic E-state index is 12.4. The van der Waals surface area contributed by atoms with Gasteiger partial charge in [0.05, 0.1) is 12.9 Å². The predicted molar refractivity (Wildman–Crippen MR) is 112 cm³/mol. The van der Waals surface area contributed by atoms with Crippen molar-refractivity contribution in [2.75, 3.05) is 24.0 Å². The smallest absolute Gasteiger partial charge is 0.234 e. The fourth-order valence-electron chi connectivity index (χ4n) is 3.02. The van der Waals surface area contributed by atoms with E-state index < -0.39 is 0 Å². The first-order valence-electron chi connectivity index (χ1n) is 8.74. The highest BCUT2D eigenvalue weighted by atomic mass is 32.2. The number of carbonyl (C=O) groups is 1. The van der Waals surface area contributed by atoms with Crippen molar-refractivity contribution >= 4 is 23.4 Å². The van der Waals surface area contributed by atoms with Gasteiger partial charge in [-0.1, -0.05) is 41.6 Å². The molecule has 0 spiro atoms. The van der Waals surface area contributed by atoms with Gasteiger partial charge in [0.25, 0.3) is 0 Å². The summed E-state index contributed by atoms with van der Waals surface area (Å²) in [6.07, 6.45) is 0. The van der Waals surface area contributed by atoms with Crippen LogP contribution in [0.3, 0.4) is 0 Å². The van der Waals surface area contributed by atoms with Gasteiger partial charge in [-0.15, -0.1) is 10.2 Å². The highest BCUT2D eigenvalue weighted by Gasteiger charge is 2.15. The van der Waals surface area contributed by atoms with Crippen molar-refractivity contribution in [3.63, 3.8) is 0 Å². The Bertz CT molecular complexity index is 993. The second kappa shape index (κ2) is 8.35. The maximum absolute atomic E-state index is 12.4. The molecule has 0 saturated heterocycles. The Balaban J connectivity index is 1.68. The van der Waals surface area contributed by atoms with E-state index >= 15 is 0 Å². The van der Waals surface area contributed by atoms with Crippen molar-refractivity contribution in [1.82, 2.24) is 14.9 Å². The number of hydrogen-bond donors (Lipinski definition) is 2. The molecule has 1 amide bonds. The molecule has 3 rings (SSSR count). The highest BCUT2D eigenvalue weighted by Crippen LogP contribution is 2.25. The van der Waals surface area contributed by atoms with Crippen molar-refractivity contribution in [3.05, 3.63) is 53.1 Å². The van der Waals surface area contributed by atoms with E-state index in [2.05, 4.69) is 15.5 Å². The number of benzene rings is 2. The third kappa shape index (κ3) is 4.28. The third-order valence-electron chi connectivity index (χ3n) is 4.27. The molecule has 8 heteroatoms. The normalized spacial score (nSPS) is 10.7. The highest BCUT2D eigenvalue weighted by molar-refractivity contribution is 7.99. The van der Waals surface area contributed by atoms with Crippen LogP contribution >= 0.6 is 11.8 Å². The van der Waals surface area contributed by atoms with E-state index in [9.17, 15) is 4.79 Å². The number of nitrogen functional groups attached to an aromatic ring is 1. The molecule has 146 valence electrons. The molecule has 3 N–H and O–H groups in total. The molecule has 1 heterocycles. The maximum Gasteiger partial charge on any atom is 0.234 e. The van der Waals surface area contributed by atoms with Gasteiger partial charge in [-0.2, -0.15) is 0 Å². The Morgan fingerprint density at radius 2 is 1.89 bits per heavy atom. The average Bonchev–Trinajstić information content (AvgIpc) is 3.03. The number of amides is 1. The van der Waals surface area contributed by atoms with Gasteiger partial charge < -0.3 is 15.9 Å². The molecule has 0 fully saturated rings. The SMILES string of the molecule is COc1cccc(-c2nnc(SCC(=O)Nc3c(C)cc(C)cc3C)n2N)c1. The zero-order valence-corrected chi connectivity index (χ0v) is 17.1. The molecule has 0 aliphatic heterocycles. The van der Waals surface area contributed by atoms with Gasteiger partial charge in [-0.25, -0.2) is 4.68 Å². The average molecular weight is 398 g/mol. The number of carbonyl (C=O) groups excluding carboxylic acids is 1. The van der Waals surface area contributed by atoms with Crippen LogP contribution in [-0.4, -0.2) is 33.6 Å². The van der Waals surface area contributed by atoms with Gasteiger partial charge >= 0.3 is 0 Å². The van der Waals surface area contributed by atoms with Crippen molar-refractivity contribution in [2.45, 2.75) is 25.9 Å². The van der Waals surface area contributed by atoms with Crippen molar-refractivity contribution in [3.8, 4) is 17.1 Å².